The molecular weight excluding hydrogens is 420 g/mol. The van der Waals surface area contributed by atoms with Crippen molar-refractivity contribution in [2.24, 2.45) is 0 Å². The summed E-state index contributed by atoms with van der Waals surface area (Å²) in [6.07, 6.45) is 5.66. The second kappa shape index (κ2) is 5.69. The lowest BCUT2D eigenvalue weighted by molar-refractivity contribution is 1.34. The minimum atomic E-state index is 0.473. The molecule has 5 aromatic rings. The number of thiazole rings is 1. The van der Waals surface area contributed by atoms with Gasteiger partial charge < -0.3 is 9.97 Å². The maximum Gasteiger partial charge on any atom is 0.153 e. The highest BCUT2D eigenvalue weighted by molar-refractivity contribution is 9.10. The maximum atomic E-state index is 6.16. The highest BCUT2D eigenvalue weighted by Gasteiger charge is 2.15. The van der Waals surface area contributed by atoms with Gasteiger partial charge in [0.25, 0.3) is 0 Å². The molecule has 0 unspecified atom stereocenters. The van der Waals surface area contributed by atoms with Gasteiger partial charge in [0.2, 0.25) is 0 Å². The lowest BCUT2D eigenvalue weighted by atomic mass is 10.1. The van der Waals surface area contributed by atoms with E-state index in [4.69, 9.17) is 16.6 Å². The number of hydrogen-bond donors (Lipinski definition) is 2. The molecular formula is C18H10BrClN4S. The number of rotatable bonds is 2. The van der Waals surface area contributed by atoms with Crippen LogP contribution in [0.25, 0.3) is 43.6 Å². The molecule has 0 amide bonds. The van der Waals surface area contributed by atoms with E-state index in [2.05, 4.69) is 48.4 Å². The molecule has 5 rings (SSSR count). The van der Waals surface area contributed by atoms with Crippen LogP contribution in [0.3, 0.4) is 0 Å². The molecule has 0 radical (unpaired) electrons. The summed E-state index contributed by atoms with van der Waals surface area (Å²) in [7, 11) is 0. The van der Waals surface area contributed by atoms with Crippen molar-refractivity contribution < 1.29 is 0 Å². The van der Waals surface area contributed by atoms with E-state index in [9.17, 15) is 0 Å². The quantitative estimate of drug-likeness (QED) is 0.326. The number of nitrogens with one attached hydrogen (secondary N) is 2. The fourth-order valence-electron chi connectivity index (χ4n) is 3.02. The number of H-pyrrole nitrogens is 2. The zero-order valence-corrected chi connectivity index (χ0v) is 15.8. The Bertz CT molecular complexity index is 1220. The summed E-state index contributed by atoms with van der Waals surface area (Å²) in [6, 6.07) is 8.15. The smallest absolute Gasteiger partial charge is 0.153 e. The molecule has 7 heteroatoms. The zero-order valence-electron chi connectivity index (χ0n) is 12.7. The molecule has 0 aliphatic heterocycles. The fraction of sp³-hybridized carbons (Fsp3) is 0. The molecule has 4 aromatic heterocycles. The Labute approximate surface area is 160 Å². The van der Waals surface area contributed by atoms with Gasteiger partial charge in [-0.25, -0.2) is 9.97 Å². The molecule has 2 N–H and O–H groups in total. The largest absolute Gasteiger partial charge is 0.360 e. The van der Waals surface area contributed by atoms with Crippen molar-refractivity contribution in [1.29, 1.82) is 0 Å². The molecule has 0 saturated heterocycles. The molecule has 0 saturated carbocycles. The highest BCUT2D eigenvalue weighted by Crippen LogP contribution is 2.37. The average Bonchev–Trinajstić information content (AvgIpc) is 3.31. The number of aromatic nitrogens is 4. The van der Waals surface area contributed by atoms with Crippen molar-refractivity contribution in [3.63, 3.8) is 0 Å². The monoisotopic (exact) mass is 428 g/mol. The number of fused-ring (bicyclic) bond motifs is 2. The summed E-state index contributed by atoms with van der Waals surface area (Å²) >= 11 is 11.3. The molecule has 25 heavy (non-hydrogen) atoms. The number of pyridine rings is 1. The lowest BCUT2D eigenvalue weighted by Gasteiger charge is -1.97. The Balaban J connectivity index is 1.65. The van der Waals surface area contributed by atoms with Gasteiger partial charge >= 0.3 is 0 Å². The van der Waals surface area contributed by atoms with E-state index in [1.807, 2.05) is 24.5 Å². The molecule has 0 aliphatic carbocycles. The third kappa shape index (κ3) is 2.40. The number of nitrogens with zero attached hydrogens (tertiary/aromatic N) is 2. The molecule has 122 valence electrons. The van der Waals surface area contributed by atoms with Gasteiger partial charge in [-0.2, -0.15) is 0 Å². The van der Waals surface area contributed by atoms with E-state index in [0.717, 1.165) is 48.1 Å². The topological polar surface area (TPSA) is 57.4 Å². The van der Waals surface area contributed by atoms with E-state index < -0.39 is 0 Å². The summed E-state index contributed by atoms with van der Waals surface area (Å²) in [5.74, 6) is 0. The average molecular weight is 430 g/mol. The molecule has 0 bridgehead atoms. The van der Waals surface area contributed by atoms with Crippen molar-refractivity contribution >= 4 is 60.7 Å². The molecule has 0 aliphatic rings. The van der Waals surface area contributed by atoms with Gasteiger partial charge in [0.15, 0.2) is 5.15 Å². The molecule has 0 fully saturated rings. The fourth-order valence-corrected chi connectivity index (χ4v) is 4.45. The molecule has 0 spiro atoms. The van der Waals surface area contributed by atoms with Crippen LogP contribution in [-0.2, 0) is 0 Å². The van der Waals surface area contributed by atoms with Crippen LogP contribution in [0.1, 0.15) is 0 Å². The molecule has 4 nitrogen and oxygen atoms in total. The molecule has 4 heterocycles. The van der Waals surface area contributed by atoms with Gasteiger partial charge in [-0.05, 0) is 24.3 Å². The minimum Gasteiger partial charge on any atom is -0.360 e. The van der Waals surface area contributed by atoms with Crippen LogP contribution in [0.2, 0.25) is 5.15 Å². The van der Waals surface area contributed by atoms with Crippen molar-refractivity contribution in [3.8, 4) is 21.8 Å². The minimum absolute atomic E-state index is 0.473. The second-order valence-electron chi connectivity index (χ2n) is 5.66. The highest BCUT2D eigenvalue weighted by atomic mass is 79.9. The first-order valence-electron chi connectivity index (χ1n) is 7.55. The van der Waals surface area contributed by atoms with Crippen molar-refractivity contribution in [2.75, 3.05) is 0 Å². The Morgan fingerprint density at radius 3 is 2.84 bits per heavy atom. The molecule has 1 aromatic carbocycles. The van der Waals surface area contributed by atoms with Crippen LogP contribution in [0.4, 0.5) is 0 Å². The first kappa shape index (κ1) is 15.1. The van der Waals surface area contributed by atoms with Crippen molar-refractivity contribution in [1.82, 2.24) is 19.9 Å². The zero-order chi connectivity index (χ0) is 17.0. The van der Waals surface area contributed by atoms with E-state index >= 15 is 0 Å². The normalized spacial score (nSPS) is 11.6. The third-order valence-corrected chi connectivity index (χ3v) is 5.87. The van der Waals surface area contributed by atoms with Crippen LogP contribution in [0, 0.1) is 0 Å². The first-order valence-corrected chi connectivity index (χ1v) is 9.60. The first-order chi connectivity index (χ1) is 12.2. The van der Waals surface area contributed by atoms with Gasteiger partial charge in [0, 0.05) is 55.9 Å². The van der Waals surface area contributed by atoms with Gasteiger partial charge in [0.05, 0.1) is 11.2 Å². The summed E-state index contributed by atoms with van der Waals surface area (Å²) in [4.78, 5) is 15.5. The van der Waals surface area contributed by atoms with Crippen LogP contribution >= 0.6 is 38.9 Å². The summed E-state index contributed by atoms with van der Waals surface area (Å²) < 4.78 is 1.05. The van der Waals surface area contributed by atoms with E-state index in [-0.39, 0.29) is 0 Å². The van der Waals surface area contributed by atoms with Crippen LogP contribution in [0.15, 0.2) is 52.7 Å². The Hall–Kier alpha value is -2.15. The van der Waals surface area contributed by atoms with Gasteiger partial charge in [-0.15, -0.1) is 11.3 Å². The lowest BCUT2D eigenvalue weighted by Crippen LogP contribution is -1.79. The van der Waals surface area contributed by atoms with Crippen LogP contribution < -0.4 is 0 Å². The van der Waals surface area contributed by atoms with E-state index in [0.29, 0.717) is 5.15 Å². The molecule has 0 atom stereocenters. The number of hydrogen-bond acceptors (Lipinski definition) is 3. The predicted octanol–water partition coefficient (Wildman–Crippen LogP) is 6.25. The number of aromatic amines is 2. The SMILES string of the molecule is Clc1nccc2c(-c3csc(-c4c[nH]c5ccc(Br)cc45)n3)c[nH]c12. The van der Waals surface area contributed by atoms with Crippen LogP contribution in [-0.4, -0.2) is 19.9 Å². The van der Waals surface area contributed by atoms with Gasteiger partial charge in [0.1, 0.15) is 5.01 Å². The maximum absolute atomic E-state index is 6.16. The van der Waals surface area contributed by atoms with E-state index in [1.165, 1.54) is 0 Å². The second-order valence-corrected chi connectivity index (χ2v) is 7.79. The van der Waals surface area contributed by atoms with Crippen LogP contribution in [0.5, 0.6) is 0 Å². The summed E-state index contributed by atoms with van der Waals surface area (Å²) in [5.41, 5.74) is 5.00. The predicted molar refractivity (Wildman–Crippen MR) is 107 cm³/mol. The van der Waals surface area contributed by atoms with Crippen molar-refractivity contribution in [2.45, 2.75) is 0 Å². The Kier molecular flexibility index (Phi) is 3.45. The van der Waals surface area contributed by atoms with Crippen molar-refractivity contribution in [3.05, 3.63) is 57.9 Å². The Morgan fingerprint density at radius 1 is 1.04 bits per heavy atom. The number of halogens is 2. The van der Waals surface area contributed by atoms with E-state index in [1.54, 1.807) is 17.5 Å². The summed E-state index contributed by atoms with van der Waals surface area (Å²) in [6.45, 7) is 0. The summed E-state index contributed by atoms with van der Waals surface area (Å²) in [5, 5.41) is 5.71. The number of benzene rings is 1. The third-order valence-electron chi connectivity index (χ3n) is 4.21. The van der Waals surface area contributed by atoms with Gasteiger partial charge in [-0.1, -0.05) is 27.5 Å². The van der Waals surface area contributed by atoms with Gasteiger partial charge in [-0.3, -0.25) is 0 Å². The Morgan fingerprint density at radius 2 is 1.92 bits per heavy atom. The standard InChI is InChI=1S/C18H10BrClN4S/c19-9-1-2-14-11(5-9)13(7-22-14)18-24-15(8-25-18)12-6-23-16-10(12)3-4-21-17(16)20/h1-8,22-23H.